The van der Waals surface area contributed by atoms with Gasteiger partial charge in [-0.25, -0.2) is 0 Å². The molecular formula is C17H25F3O3. The molecule has 0 heterocycles. The Morgan fingerprint density at radius 2 is 1.61 bits per heavy atom. The van der Waals surface area contributed by atoms with Gasteiger partial charge >= 0.3 is 12.1 Å². The van der Waals surface area contributed by atoms with Gasteiger partial charge in [0.1, 0.15) is 12.2 Å². The van der Waals surface area contributed by atoms with Crippen LogP contribution in [0.5, 0.6) is 0 Å². The van der Waals surface area contributed by atoms with Crippen LogP contribution in [0.15, 0.2) is 0 Å². The Hall–Kier alpha value is -0.780. The van der Waals surface area contributed by atoms with Crippen molar-refractivity contribution >= 4 is 5.97 Å². The third kappa shape index (κ3) is 2.57. The SMILES string of the molecule is CCC(C)(C(=O)OCC1(O)C2CC3CC(C2)CC1C3)C(F)(F)F. The maximum Gasteiger partial charge on any atom is 0.404 e. The van der Waals surface area contributed by atoms with E-state index in [2.05, 4.69) is 0 Å². The van der Waals surface area contributed by atoms with Crippen LogP contribution in [-0.4, -0.2) is 29.5 Å². The standard InChI is InChI=1S/C17H25F3O3/c1-3-15(2,17(18,19)20)14(21)23-9-16(22)12-5-10-4-11(7-12)8-13(16)6-10/h10-13,22H,3-9H2,1-2H3. The molecule has 0 aromatic heterocycles. The zero-order valence-electron chi connectivity index (χ0n) is 13.7. The van der Waals surface area contributed by atoms with E-state index in [0.29, 0.717) is 11.8 Å². The number of carbonyl (C=O) groups excluding carboxylic acids is 1. The van der Waals surface area contributed by atoms with Crippen molar-refractivity contribution in [2.45, 2.75) is 64.1 Å². The maximum absolute atomic E-state index is 13.1. The van der Waals surface area contributed by atoms with Crippen molar-refractivity contribution in [1.29, 1.82) is 0 Å². The lowest BCUT2D eigenvalue weighted by Gasteiger charge is -2.58. The van der Waals surface area contributed by atoms with Crippen molar-refractivity contribution in [2.75, 3.05) is 6.61 Å². The summed E-state index contributed by atoms with van der Waals surface area (Å²) >= 11 is 0. The predicted molar refractivity (Wildman–Crippen MR) is 77.4 cm³/mol. The van der Waals surface area contributed by atoms with Gasteiger partial charge in [0.05, 0.1) is 0 Å². The van der Waals surface area contributed by atoms with E-state index >= 15 is 0 Å². The van der Waals surface area contributed by atoms with Gasteiger partial charge in [0.25, 0.3) is 0 Å². The highest BCUT2D eigenvalue weighted by Gasteiger charge is 2.59. The molecule has 4 saturated carbocycles. The van der Waals surface area contributed by atoms with E-state index in [9.17, 15) is 23.1 Å². The number of esters is 1. The van der Waals surface area contributed by atoms with Crippen molar-refractivity contribution < 1.29 is 27.8 Å². The highest BCUT2D eigenvalue weighted by molar-refractivity contribution is 5.77. The highest BCUT2D eigenvalue weighted by Crippen LogP contribution is 2.58. The summed E-state index contributed by atoms with van der Waals surface area (Å²) in [5.41, 5.74) is -3.64. The maximum atomic E-state index is 13.1. The number of rotatable bonds is 4. The first-order chi connectivity index (χ1) is 10.6. The Morgan fingerprint density at radius 3 is 2.00 bits per heavy atom. The second-order valence-electron chi connectivity index (χ2n) is 8.06. The average Bonchev–Trinajstić information content (AvgIpc) is 2.47. The number of hydrogen-bond donors (Lipinski definition) is 1. The molecule has 1 unspecified atom stereocenters. The van der Waals surface area contributed by atoms with Gasteiger partial charge in [-0.05, 0) is 69.1 Å². The van der Waals surface area contributed by atoms with Crippen LogP contribution in [0.1, 0.15) is 52.4 Å². The smallest absolute Gasteiger partial charge is 0.404 e. The van der Waals surface area contributed by atoms with E-state index in [1.54, 1.807) is 0 Å². The second kappa shape index (κ2) is 5.36. The summed E-state index contributed by atoms with van der Waals surface area (Å²) in [6, 6.07) is 0. The molecule has 0 radical (unpaired) electrons. The number of halogens is 3. The monoisotopic (exact) mass is 334 g/mol. The van der Waals surface area contributed by atoms with Gasteiger partial charge in [-0.3, -0.25) is 4.79 Å². The molecule has 4 aliphatic rings. The number of ether oxygens (including phenoxy) is 1. The molecule has 0 aliphatic heterocycles. The first kappa shape index (κ1) is 17.1. The van der Waals surface area contributed by atoms with Crippen LogP contribution in [0.4, 0.5) is 13.2 Å². The van der Waals surface area contributed by atoms with Crippen molar-refractivity contribution in [1.82, 2.24) is 0 Å². The molecule has 1 atom stereocenters. The molecule has 4 aliphatic carbocycles. The molecule has 4 bridgehead atoms. The Bertz CT molecular complexity index is 460. The zero-order valence-corrected chi connectivity index (χ0v) is 13.7. The minimum absolute atomic E-state index is 0.0605. The Kier molecular flexibility index (Phi) is 3.98. The Morgan fingerprint density at radius 1 is 1.13 bits per heavy atom. The third-order valence-electron chi connectivity index (χ3n) is 6.77. The van der Waals surface area contributed by atoms with Crippen LogP contribution < -0.4 is 0 Å². The highest BCUT2D eigenvalue weighted by atomic mass is 19.4. The second-order valence-corrected chi connectivity index (χ2v) is 8.06. The van der Waals surface area contributed by atoms with Crippen LogP contribution in [0.2, 0.25) is 0 Å². The third-order valence-corrected chi connectivity index (χ3v) is 6.77. The number of carbonyl (C=O) groups is 1. The molecule has 0 aromatic rings. The van der Waals surface area contributed by atoms with E-state index in [-0.39, 0.29) is 24.9 Å². The summed E-state index contributed by atoms with van der Waals surface area (Å²) in [5.74, 6) is 0.111. The van der Waals surface area contributed by atoms with Gasteiger partial charge in [0.2, 0.25) is 0 Å². The van der Waals surface area contributed by atoms with Crippen LogP contribution in [0.25, 0.3) is 0 Å². The van der Waals surface area contributed by atoms with Gasteiger partial charge in [0, 0.05) is 0 Å². The predicted octanol–water partition coefficient (Wildman–Crippen LogP) is 3.70. The molecule has 0 aromatic carbocycles. The van der Waals surface area contributed by atoms with Crippen LogP contribution >= 0.6 is 0 Å². The lowest BCUT2D eigenvalue weighted by molar-refractivity contribution is -0.241. The fraction of sp³-hybridized carbons (Fsp3) is 0.941. The van der Waals surface area contributed by atoms with Crippen molar-refractivity contribution in [3.63, 3.8) is 0 Å². The Balaban J connectivity index is 1.69. The summed E-state index contributed by atoms with van der Waals surface area (Å²) in [6.07, 6.45) is -0.172. The summed E-state index contributed by atoms with van der Waals surface area (Å²) in [4.78, 5) is 12.1. The summed E-state index contributed by atoms with van der Waals surface area (Å²) in [7, 11) is 0. The number of alkyl halides is 3. The molecule has 23 heavy (non-hydrogen) atoms. The number of aliphatic hydroxyl groups is 1. The zero-order chi connectivity index (χ0) is 17.0. The molecule has 6 heteroatoms. The minimum atomic E-state index is -4.65. The van der Waals surface area contributed by atoms with Gasteiger partial charge in [0.15, 0.2) is 5.41 Å². The first-order valence-electron chi connectivity index (χ1n) is 8.56. The van der Waals surface area contributed by atoms with Gasteiger partial charge in [-0.15, -0.1) is 0 Å². The van der Waals surface area contributed by atoms with E-state index < -0.39 is 23.2 Å². The largest absolute Gasteiger partial charge is 0.462 e. The first-order valence-corrected chi connectivity index (χ1v) is 8.56. The fourth-order valence-corrected chi connectivity index (χ4v) is 5.04. The molecule has 0 saturated heterocycles. The van der Waals surface area contributed by atoms with E-state index in [1.807, 2.05) is 0 Å². The summed E-state index contributed by atoms with van der Waals surface area (Å²) < 4.78 is 44.5. The lowest BCUT2D eigenvalue weighted by atomic mass is 9.50. The molecule has 3 nitrogen and oxygen atoms in total. The molecule has 0 amide bonds. The van der Waals surface area contributed by atoms with Crippen LogP contribution in [0, 0.1) is 29.1 Å². The molecule has 1 N–H and O–H groups in total. The van der Waals surface area contributed by atoms with Crippen LogP contribution in [-0.2, 0) is 9.53 Å². The van der Waals surface area contributed by atoms with E-state index in [1.165, 1.54) is 13.3 Å². The summed E-state index contributed by atoms with van der Waals surface area (Å²) in [6.45, 7) is 1.90. The van der Waals surface area contributed by atoms with Crippen molar-refractivity contribution in [2.24, 2.45) is 29.1 Å². The average molecular weight is 334 g/mol. The van der Waals surface area contributed by atoms with E-state index in [4.69, 9.17) is 4.74 Å². The van der Waals surface area contributed by atoms with Gasteiger partial charge in [-0.1, -0.05) is 6.92 Å². The normalized spacial score (nSPS) is 41.7. The lowest BCUT2D eigenvalue weighted by Crippen LogP contribution is -2.60. The minimum Gasteiger partial charge on any atom is -0.462 e. The van der Waals surface area contributed by atoms with Gasteiger partial charge < -0.3 is 9.84 Å². The van der Waals surface area contributed by atoms with Crippen molar-refractivity contribution in [3.05, 3.63) is 0 Å². The molecule has 4 rings (SSSR count). The number of hydrogen-bond acceptors (Lipinski definition) is 3. The van der Waals surface area contributed by atoms with Gasteiger partial charge in [-0.2, -0.15) is 13.2 Å². The molecular weight excluding hydrogens is 309 g/mol. The quantitative estimate of drug-likeness (QED) is 0.798. The van der Waals surface area contributed by atoms with Crippen LogP contribution in [0.3, 0.4) is 0 Å². The van der Waals surface area contributed by atoms with Crippen molar-refractivity contribution in [3.8, 4) is 0 Å². The summed E-state index contributed by atoms with van der Waals surface area (Å²) in [5, 5.41) is 11.0. The fourth-order valence-electron chi connectivity index (χ4n) is 5.04. The molecule has 132 valence electrons. The Labute approximate surface area is 134 Å². The molecule has 4 fully saturated rings. The van der Waals surface area contributed by atoms with E-state index in [0.717, 1.165) is 32.6 Å². The topological polar surface area (TPSA) is 46.5 Å². The molecule has 0 spiro atoms.